The second-order valence-electron chi connectivity index (χ2n) is 5.35. The minimum atomic E-state index is -0.499. The minimum Gasteiger partial charge on any atom is -0.465 e. The number of hydrogen-bond donors (Lipinski definition) is 2. The molecule has 25 heavy (non-hydrogen) atoms. The molecule has 0 unspecified atom stereocenters. The van der Waals surface area contributed by atoms with Crippen molar-refractivity contribution in [3.8, 4) is 0 Å². The zero-order chi connectivity index (χ0) is 17.8. The minimum absolute atomic E-state index is 0.164. The number of aromatic amines is 1. The Kier molecular flexibility index (Phi) is 4.56. The first-order chi connectivity index (χ1) is 12.1. The summed E-state index contributed by atoms with van der Waals surface area (Å²) in [5.74, 6) is -0.882. The number of methoxy groups -OCH3 is 1. The van der Waals surface area contributed by atoms with Crippen molar-refractivity contribution in [1.82, 2.24) is 15.3 Å². The van der Waals surface area contributed by atoms with Crippen LogP contribution in [0.3, 0.4) is 0 Å². The van der Waals surface area contributed by atoms with E-state index in [-0.39, 0.29) is 23.6 Å². The van der Waals surface area contributed by atoms with Crippen molar-refractivity contribution in [3.63, 3.8) is 0 Å². The van der Waals surface area contributed by atoms with Gasteiger partial charge >= 0.3 is 5.97 Å². The third kappa shape index (κ3) is 3.55. The van der Waals surface area contributed by atoms with Gasteiger partial charge < -0.3 is 15.0 Å². The lowest BCUT2D eigenvalue weighted by Gasteiger charge is -2.08. The van der Waals surface area contributed by atoms with Crippen LogP contribution in [-0.4, -0.2) is 29.0 Å². The zero-order valence-electron chi connectivity index (χ0n) is 13.4. The van der Waals surface area contributed by atoms with Gasteiger partial charge in [0.1, 0.15) is 0 Å². The highest BCUT2D eigenvalue weighted by atomic mass is 16.5. The van der Waals surface area contributed by atoms with Gasteiger partial charge in [0.25, 0.3) is 5.91 Å². The summed E-state index contributed by atoms with van der Waals surface area (Å²) >= 11 is 0. The van der Waals surface area contributed by atoms with E-state index in [1.54, 1.807) is 36.5 Å². The molecule has 0 saturated heterocycles. The molecule has 126 valence electrons. The molecule has 1 amide bonds. The maximum Gasteiger partial charge on any atom is 0.339 e. The summed E-state index contributed by atoms with van der Waals surface area (Å²) in [4.78, 5) is 42.4. The molecule has 0 atom stereocenters. The maximum absolute atomic E-state index is 12.5. The van der Waals surface area contributed by atoms with Gasteiger partial charge in [-0.05, 0) is 17.7 Å². The Labute approximate surface area is 142 Å². The molecular formula is C18H15N3O4. The van der Waals surface area contributed by atoms with Gasteiger partial charge in [0.15, 0.2) is 0 Å². The fourth-order valence-corrected chi connectivity index (χ4v) is 2.48. The lowest BCUT2D eigenvalue weighted by atomic mass is 10.1. The Morgan fingerprint density at radius 2 is 2.00 bits per heavy atom. The van der Waals surface area contributed by atoms with Crippen molar-refractivity contribution in [2.45, 2.75) is 6.54 Å². The smallest absolute Gasteiger partial charge is 0.339 e. The Morgan fingerprint density at radius 3 is 2.80 bits per heavy atom. The van der Waals surface area contributed by atoms with Crippen LogP contribution in [0.4, 0.5) is 0 Å². The fraction of sp³-hybridized carbons (Fsp3) is 0.111. The molecule has 2 aromatic heterocycles. The summed E-state index contributed by atoms with van der Waals surface area (Å²) in [7, 11) is 1.29. The molecule has 0 radical (unpaired) electrons. The third-order valence-electron chi connectivity index (χ3n) is 3.66. The average molecular weight is 337 g/mol. The van der Waals surface area contributed by atoms with Gasteiger partial charge in [-0.1, -0.05) is 18.2 Å². The van der Waals surface area contributed by atoms with E-state index in [0.717, 1.165) is 0 Å². The maximum atomic E-state index is 12.5. The van der Waals surface area contributed by atoms with E-state index < -0.39 is 5.97 Å². The third-order valence-corrected chi connectivity index (χ3v) is 3.66. The predicted molar refractivity (Wildman–Crippen MR) is 91.3 cm³/mol. The number of hydrogen-bond acceptors (Lipinski definition) is 5. The van der Waals surface area contributed by atoms with Crippen LogP contribution in [0, 0.1) is 0 Å². The molecule has 7 heteroatoms. The van der Waals surface area contributed by atoms with Crippen LogP contribution in [0.2, 0.25) is 0 Å². The monoisotopic (exact) mass is 337 g/mol. The predicted octanol–water partition coefficient (Wildman–Crippen LogP) is 1.64. The number of esters is 1. The van der Waals surface area contributed by atoms with Crippen LogP contribution in [0.15, 0.2) is 53.6 Å². The van der Waals surface area contributed by atoms with E-state index in [4.69, 9.17) is 0 Å². The van der Waals surface area contributed by atoms with Gasteiger partial charge in [-0.2, -0.15) is 0 Å². The number of benzene rings is 1. The van der Waals surface area contributed by atoms with E-state index in [1.165, 1.54) is 19.4 Å². The molecule has 0 fully saturated rings. The lowest BCUT2D eigenvalue weighted by Crippen LogP contribution is -2.25. The highest BCUT2D eigenvalue weighted by Gasteiger charge is 2.12. The normalized spacial score (nSPS) is 10.4. The summed E-state index contributed by atoms with van der Waals surface area (Å²) in [6.07, 6.45) is 2.93. The molecule has 2 heterocycles. The van der Waals surface area contributed by atoms with Crippen LogP contribution >= 0.6 is 0 Å². The number of para-hydroxylation sites is 1. The van der Waals surface area contributed by atoms with Crippen LogP contribution in [-0.2, 0) is 11.3 Å². The van der Waals surface area contributed by atoms with Gasteiger partial charge in [0.2, 0.25) is 5.56 Å². The first kappa shape index (κ1) is 16.4. The standard InChI is InChI=1S/C18H15N3O4/c1-25-18(24)12-6-11(8-19-10-12)9-20-17(23)14-7-16(22)21-15-5-3-2-4-13(14)15/h2-8,10H,9H2,1H3,(H,20,23)(H,21,22). The Bertz CT molecular complexity index is 1010. The Balaban J connectivity index is 1.82. The van der Waals surface area contributed by atoms with Gasteiger partial charge in [0, 0.05) is 35.9 Å². The summed E-state index contributed by atoms with van der Waals surface area (Å²) in [6.45, 7) is 0.164. The van der Waals surface area contributed by atoms with E-state index >= 15 is 0 Å². The first-order valence-corrected chi connectivity index (χ1v) is 7.51. The molecule has 1 aromatic carbocycles. The average Bonchev–Trinajstić information content (AvgIpc) is 2.65. The van der Waals surface area contributed by atoms with Gasteiger partial charge in [-0.3, -0.25) is 14.6 Å². The van der Waals surface area contributed by atoms with Crippen LogP contribution in [0.1, 0.15) is 26.3 Å². The molecule has 0 bridgehead atoms. The summed E-state index contributed by atoms with van der Waals surface area (Å²) in [6, 6.07) is 9.93. The molecule has 0 spiro atoms. The van der Waals surface area contributed by atoms with E-state index in [0.29, 0.717) is 22.0 Å². The molecule has 0 aliphatic carbocycles. The number of pyridine rings is 2. The SMILES string of the molecule is COC(=O)c1cncc(CNC(=O)c2cc(=O)[nH]c3ccccc23)c1. The first-order valence-electron chi connectivity index (χ1n) is 7.51. The molecule has 0 aliphatic rings. The lowest BCUT2D eigenvalue weighted by molar-refractivity contribution is 0.0600. The molecule has 3 aromatic rings. The van der Waals surface area contributed by atoms with E-state index in [2.05, 4.69) is 20.0 Å². The van der Waals surface area contributed by atoms with E-state index in [1.807, 2.05) is 0 Å². The van der Waals surface area contributed by atoms with Gasteiger partial charge in [0.05, 0.1) is 18.2 Å². The number of carbonyl (C=O) groups is 2. The number of aromatic nitrogens is 2. The van der Waals surface area contributed by atoms with Crippen LogP contribution < -0.4 is 10.9 Å². The number of nitrogens with zero attached hydrogens (tertiary/aromatic N) is 1. The number of nitrogens with one attached hydrogen (secondary N) is 2. The molecule has 2 N–H and O–H groups in total. The number of rotatable bonds is 4. The van der Waals surface area contributed by atoms with Crippen molar-refractivity contribution in [2.24, 2.45) is 0 Å². The molecule has 7 nitrogen and oxygen atoms in total. The van der Waals surface area contributed by atoms with Gasteiger partial charge in [-0.15, -0.1) is 0 Å². The molecule has 0 aliphatic heterocycles. The molecule has 0 saturated carbocycles. The number of fused-ring (bicyclic) bond motifs is 1. The number of carbonyl (C=O) groups excluding carboxylic acids is 2. The number of H-pyrrole nitrogens is 1. The van der Waals surface area contributed by atoms with Gasteiger partial charge in [-0.25, -0.2) is 4.79 Å². The van der Waals surface area contributed by atoms with Crippen molar-refractivity contribution < 1.29 is 14.3 Å². The van der Waals surface area contributed by atoms with Crippen LogP contribution in [0.5, 0.6) is 0 Å². The summed E-state index contributed by atoms with van der Waals surface area (Å²) in [5, 5.41) is 3.39. The van der Waals surface area contributed by atoms with Crippen molar-refractivity contribution >= 4 is 22.8 Å². The molecule has 3 rings (SSSR count). The number of amides is 1. The second-order valence-corrected chi connectivity index (χ2v) is 5.35. The van der Waals surface area contributed by atoms with Crippen molar-refractivity contribution in [3.05, 3.63) is 75.8 Å². The number of ether oxygens (including phenoxy) is 1. The zero-order valence-corrected chi connectivity index (χ0v) is 13.4. The largest absolute Gasteiger partial charge is 0.465 e. The van der Waals surface area contributed by atoms with Crippen LogP contribution in [0.25, 0.3) is 10.9 Å². The Hall–Kier alpha value is -3.48. The fourth-order valence-electron chi connectivity index (χ4n) is 2.48. The Morgan fingerprint density at radius 1 is 1.20 bits per heavy atom. The quantitative estimate of drug-likeness (QED) is 0.705. The summed E-state index contributed by atoms with van der Waals surface area (Å²) in [5.41, 5.74) is 1.48. The van der Waals surface area contributed by atoms with Crippen molar-refractivity contribution in [2.75, 3.05) is 7.11 Å². The second kappa shape index (κ2) is 6.96. The topological polar surface area (TPSA) is 101 Å². The van der Waals surface area contributed by atoms with Crippen molar-refractivity contribution in [1.29, 1.82) is 0 Å². The highest BCUT2D eigenvalue weighted by Crippen LogP contribution is 2.14. The van der Waals surface area contributed by atoms with E-state index in [9.17, 15) is 14.4 Å². The molecular weight excluding hydrogens is 322 g/mol. The highest BCUT2D eigenvalue weighted by molar-refractivity contribution is 6.05. The summed E-state index contributed by atoms with van der Waals surface area (Å²) < 4.78 is 4.64.